The molecule has 2 amide bonds. The van der Waals surface area contributed by atoms with E-state index in [1.165, 1.54) is 23.1 Å². The Balaban J connectivity index is 2.22. The highest BCUT2D eigenvalue weighted by molar-refractivity contribution is 6.31. The number of halogens is 2. The Labute approximate surface area is 128 Å². The summed E-state index contributed by atoms with van der Waals surface area (Å²) in [6, 6.07) is 3.45. The van der Waals surface area contributed by atoms with Crippen molar-refractivity contribution in [3.63, 3.8) is 0 Å². The van der Waals surface area contributed by atoms with Crippen LogP contribution in [0.4, 0.5) is 4.39 Å². The van der Waals surface area contributed by atoms with E-state index < -0.39 is 11.9 Å². The molecule has 1 saturated heterocycles. The fourth-order valence-corrected chi connectivity index (χ4v) is 2.51. The average Bonchev–Trinajstić information content (AvgIpc) is 2.35. The quantitative estimate of drug-likeness (QED) is 0.911. The van der Waals surface area contributed by atoms with Crippen molar-refractivity contribution in [2.24, 2.45) is 5.41 Å². The molecule has 21 heavy (non-hydrogen) atoms. The molecule has 1 N–H and O–H groups in total. The summed E-state index contributed by atoms with van der Waals surface area (Å²) in [6.45, 7) is 5.86. The number of hydrogen-bond donors (Lipinski definition) is 1. The fourth-order valence-electron chi connectivity index (χ4n) is 2.28. The van der Waals surface area contributed by atoms with E-state index >= 15 is 0 Å². The highest BCUT2D eigenvalue weighted by Gasteiger charge is 2.39. The second-order valence-electron chi connectivity index (χ2n) is 6.30. The van der Waals surface area contributed by atoms with Crippen LogP contribution in [0, 0.1) is 11.2 Å². The van der Waals surface area contributed by atoms with Crippen molar-refractivity contribution in [2.45, 2.75) is 33.4 Å². The summed E-state index contributed by atoms with van der Waals surface area (Å²) in [7, 11) is 0. The van der Waals surface area contributed by atoms with Gasteiger partial charge in [-0.15, -0.1) is 0 Å². The van der Waals surface area contributed by atoms with Crippen molar-refractivity contribution in [1.29, 1.82) is 0 Å². The van der Waals surface area contributed by atoms with E-state index in [1.54, 1.807) is 0 Å². The second-order valence-corrected chi connectivity index (χ2v) is 6.70. The maximum absolute atomic E-state index is 13.1. The van der Waals surface area contributed by atoms with Crippen molar-refractivity contribution in [2.75, 3.05) is 6.54 Å². The van der Waals surface area contributed by atoms with E-state index in [2.05, 4.69) is 5.32 Å². The van der Waals surface area contributed by atoms with E-state index in [1.807, 2.05) is 20.8 Å². The standard InChI is InChI=1S/C15H18ClFN2O2/c1-15(2,3)13-14(21)19(8-12(20)18-13)7-9-4-5-10(17)6-11(9)16/h4-6,13H,7-8H2,1-3H3,(H,18,20). The maximum atomic E-state index is 13.1. The van der Waals surface area contributed by atoms with E-state index in [4.69, 9.17) is 11.6 Å². The summed E-state index contributed by atoms with van der Waals surface area (Å²) in [5.41, 5.74) is 0.242. The number of piperazine rings is 1. The van der Waals surface area contributed by atoms with Crippen molar-refractivity contribution >= 4 is 23.4 Å². The number of amides is 2. The Bertz CT molecular complexity index is 584. The predicted octanol–water partition coefficient (Wildman–Crippen LogP) is 2.35. The van der Waals surface area contributed by atoms with Gasteiger partial charge in [0.25, 0.3) is 0 Å². The molecular formula is C15H18ClFN2O2. The number of benzene rings is 1. The topological polar surface area (TPSA) is 49.4 Å². The van der Waals surface area contributed by atoms with Gasteiger partial charge in [0, 0.05) is 11.6 Å². The lowest BCUT2D eigenvalue weighted by atomic mass is 9.84. The van der Waals surface area contributed by atoms with Crippen molar-refractivity contribution < 1.29 is 14.0 Å². The Morgan fingerprint density at radius 2 is 2.05 bits per heavy atom. The van der Waals surface area contributed by atoms with Gasteiger partial charge in [-0.05, 0) is 23.1 Å². The zero-order chi connectivity index (χ0) is 15.8. The molecule has 1 aromatic rings. The van der Waals surface area contributed by atoms with Gasteiger partial charge in [-0.2, -0.15) is 0 Å². The molecule has 2 rings (SSSR count). The maximum Gasteiger partial charge on any atom is 0.246 e. The zero-order valence-corrected chi connectivity index (χ0v) is 13.0. The van der Waals surface area contributed by atoms with Crippen molar-refractivity contribution in [3.8, 4) is 0 Å². The summed E-state index contributed by atoms with van der Waals surface area (Å²) in [6.07, 6.45) is 0. The third-order valence-corrected chi connectivity index (χ3v) is 3.79. The van der Waals surface area contributed by atoms with Gasteiger partial charge in [0.1, 0.15) is 11.9 Å². The molecule has 1 aliphatic rings. The molecule has 0 spiro atoms. The van der Waals surface area contributed by atoms with Crippen LogP contribution in [-0.2, 0) is 16.1 Å². The molecular weight excluding hydrogens is 295 g/mol. The molecule has 1 heterocycles. The number of carbonyl (C=O) groups is 2. The van der Waals surface area contributed by atoms with Crippen LogP contribution in [0.1, 0.15) is 26.3 Å². The minimum absolute atomic E-state index is 0.0148. The van der Waals surface area contributed by atoms with Crippen molar-refractivity contribution in [1.82, 2.24) is 10.2 Å². The lowest BCUT2D eigenvalue weighted by Gasteiger charge is -2.39. The molecule has 6 heteroatoms. The van der Waals surface area contributed by atoms with E-state index in [9.17, 15) is 14.0 Å². The van der Waals surface area contributed by atoms with Crippen LogP contribution in [0.3, 0.4) is 0 Å². The summed E-state index contributed by atoms with van der Waals surface area (Å²) >= 11 is 5.98. The molecule has 0 bridgehead atoms. The third kappa shape index (κ3) is 3.53. The minimum atomic E-state index is -0.571. The largest absolute Gasteiger partial charge is 0.342 e. The van der Waals surface area contributed by atoms with Gasteiger partial charge in [0.15, 0.2) is 0 Å². The molecule has 0 aromatic heterocycles. The molecule has 1 atom stereocenters. The summed E-state index contributed by atoms with van der Waals surface area (Å²) < 4.78 is 13.1. The summed E-state index contributed by atoms with van der Waals surface area (Å²) in [4.78, 5) is 25.8. The Morgan fingerprint density at radius 1 is 1.38 bits per heavy atom. The van der Waals surface area contributed by atoms with Gasteiger partial charge < -0.3 is 10.2 Å². The van der Waals surface area contributed by atoms with Gasteiger partial charge in [-0.25, -0.2) is 4.39 Å². The van der Waals surface area contributed by atoms with Crippen LogP contribution in [0.25, 0.3) is 0 Å². The monoisotopic (exact) mass is 312 g/mol. The smallest absolute Gasteiger partial charge is 0.246 e. The molecule has 1 aliphatic heterocycles. The predicted molar refractivity (Wildman–Crippen MR) is 78.2 cm³/mol. The van der Waals surface area contributed by atoms with Crippen LogP contribution in [-0.4, -0.2) is 29.3 Å². The lowest BCUT2D eigenvalue weighted by molar-refractivity contribution is -0.147. The molecule has 1 aromatic carbocycles. The molecule has 1 fully saturated rings. The Morgan fingerprint density at radius 3 is 2.62 bits per heavy atom. The van der Waals surface area contributed by atoms with Gasteiger partial charge >= 0.3 is 0 Å². The molecule has 0 radical (unpaired) electrons. The average molecular weight is 313 g/mol. The fraction of sp³-hybridized carbons (Fsp3) is 0.467. The lowest BCUT2D eigenvalue weighted by Crippen LogP contribution is -2.61. The van der Waals surface area contributed by atoms with Crippen LogP contribution >= 0.6 is 11.6 Å². The van der Waals surface area contributed by atoms with Crippen LogP contribution < -0.4 is 5.32 Å². The first-order valence-electron chi connectivity index (χ1n) is 6.70. The highest BCUT2D eigenvalue weighted by Crippen LogP contribution is 2.25. The van der Waals surface area contributed by atoms with E-state index in [0.29, 0.717) is 5.56 Å². The van der Waals surface area contributed by atoms with Gasteiger partial charge in [-0.1, -0.05) is 38.4 Å². The normalized spacial score (nSPS) is 19.7. The number of hydrogen-bond acceptors (Lipinski definition) is 2. The van der Waals surface area contributed by atoms with E-state index in [0.717, 1.165) is 0 Å². The Kier molecular flexibility index (Phi) is 4.23. The number of nitrogens with zero attached hydrogens (tertiary/aromatic N) is 1. The third-order valence-electron chi connectivity index (χ3n) is 3.44. The first-order chi connectivity index (χ1) is 9.68. The molecule has 4 nitrogen and oxygen atoms in total. The summed E-state index contributed by atoms with van der Waals surface area (Å²) in [5.74, 6) is -0.783. The molecule has 0 saturated carbocycles. The van der Waals surface area contributed by atoms with Gasteiger partial charge in [-0.3, -0.25) is 9.59 Å². The second kappa shape index (κ2) is 5.64. The zero-order valence-electron chi connectivity index (χ0n) is 12.2. The SMILES string of the molecule is CC(C)(C)C1NC(=O)CN(Cc2ccc(F)cc2Cl)C1=O. The van der Waals surface area contributed by atoms with Crippen LogP contribution in [0.2, 0.25) is 5.02 Å². The molecule has 114 valence electrons. The highest BCUT2D eigenvalue weighted by atomic mass is 35.5. The first kappa shape index (κ1) is 15.8. The van der Waals surface area contributed by atoms with Crippen molar-refractivity contribution in [3.05, 3.63) is 34.6 Å². The first-order valence-corrected chi connectivity index (χ1v) is 7.08. The van der Waals surface area contributed by atoms with E-state index in [-0.39, 0.29) is 35.3 Å². The molecule has 1 unspecified atom stereocenters. The molecule has 0 aliphatic carbocycles. The minimum Gasteiger partial charge on any atom is -0.342 e. The van der Waals surface area contributed by atoms with Crippen LogP contribution in [0.15, 0.2) is 18.2 Å². The Hall–Kier alpha value is -1.62. The number of carbonyl (C=O) groups excluding carboxylic acids is 2. The van der Waals surface area contributed by atoms with Gasteiger partial charge in [0.2, 0.25) is 11.8 Å². The van der Waals surface area contributed by atoms with Crippen LogP contribution in [0.5, 0.6) is 0 Å². The number of nitrogens with one attached hydrogen (secondary N) is 1. The summed E-state index contributed by atoms with van der Waals surface area (Å²) in [5, 5.41) is 2.97. The van der Waals surface area contributed by atoms with Gasteiger partial charge in [0.05, 0.1) is 6.54 Å². The number of rotatable bonds is 2.